The van der Waals surface area contributed by atoms with Gasteiger partial charge in [0, 0.05) is 24.6 Å². The van der Waals surface area contributed by atoms with E-state index in [0.717, 1.165) is 43.4 Å². The molecule has 0 fully saturated rings. The average Bonchev–Trinajstić information content (AvgIpc) is 2.72. The first-order valence-corrected chi connectivity index (χ1v) is 10.6. The summed E-state index contributed by atoms with van der Waals surface area (Å²) in [5.41, 5.74) is 2.23. The quantitative estimate of drug-likeness (QED) is 0.276. The molecule has 2 rings (SSSR count). The molecule has 3 nitrogen and oxygen atoms in total. The number of halogens is 1. The van der Waals surface area contributed by atoms with Gasteiger partial charge in [-0.2, -0.15) is 0 Å². The predicted molar refractivity (Wildman–Crippen MR) is 119 cm³/mol. The smallest absolute Gasteiger partial charge is 0.162 e. The Hall–Kier alpha value is -2.33. The van der Waals surface area contributed by atoms with Crippen LogP contribution in [-0.2, 0) is 11.2 Å². The van der Waals surface area contributed by atoms with Crippen LogP contribution in [0.1, 0.15) is 63.5 Å². The minimum absolute atomic E-state index is 0.307. The fraction of sp³-hybridized carbons (Fsp3) is 0.440. The fourth-order valence-electron chi connectivity index (χ4n) is 3.06. The zero-order valence-corrected chi connectivity index (χ0v) is 17.7. The highest BCUT2D eigenvalue weighted by Crippen LogP contribution is 2.21. The number of allylic oxidation sites excluding steroid dienone is 2. The van der Waals surface area contributed by atoms with Gasteiger partial charge < -0.3 is 4.74 Å². The summed E-state index contributed by atoms with van der Waals surface area (Å²) in [4.78, 5) is 8.64. The molecule has 0 aliphatic carbocycles. The molecule has 0 saturated carbocycles. The molecule has 1 heterocycles. The van der Waals surface area contributed by atoms with Crippen molar-refractivity contribution in [3.05, 3.63) is 66.3 Å². The van der Waals surface area contributed by atoms with Crippen molar-refractivity contribution < 1.29 is 9.13 Å². The van der Waals surface area contributed by atoms with Crippen molar-refractivity contribution in [2.24, 2.45) is 0 Å². The minimum atomic E-state index is -0.307. The molecule has 0 radical (unpaired) electrons. The lowest BCUT2D eigenvalue weighted by atomic mass is 10.1. The molecule has 0 spiro atoms. The van der Waals surface area contributed by atoms with Crippen LogP contribution in [0.15, 0.2) is 49.3 Å². The fourth-order valence-corrected chi connectivity index (χ4v) is 3.06. The highest BCUT2D eigenvalue weighted by atomic mass is 19.1. The molecule has 4 heteroatoms. The molecule has 1 aromatic carbocycles. The number of ether oxygens (including phenoxy) is 1. The van der Waals surface area contributed by atoms with Crippen LogP contribution < -0.4 is 0 Å². The molecule has 0 amide bonds. The number of hydrogen-bond acceptors (Lipinski definition) is 3. The molecule has 1 aromatic heterocycles. The summed E-state index contributed by atoms with van der Waals surface area (Å²) in [6, 6.07) is 5.12. The molecule has 29 heavy (non-hydrogen) atoms. The Kier molecular flexibility index (Phi) is 10.3. The molecular weight excluding hydrogens is 363 g/mol. The lowest BCUT2D eigenvalue weighted by Gasteiger charge is -2.11. The first kappa shape index (κ1) is 23.0. The van der Waals surface area contributed by atoms with Crippen LogP contribution in [-0.4, -0.2) is 22.7 Å². The lowest BCUT2D eigenvalue weighted by molar-refractivity contribution is 0.0566. The van der Waals surface area contributed by atoms with E-state index in [-0.39, 0.29) is 5.82 Å². The SMILES string of the molecule is C=CCc1ccc(-c2ncc(/C=C/CCCC(C)OCCCCC)cn2)c(F)c1. The van der Waals surface area contributed by atoms with E-state index in [1.54, 1.807) is 24.5 Å². The zero-order valence-electron chi connectivity index (χ0n) is 17.7. The van der Waals surface area contributed by atoms with E-state index < -0.39 is 0 Å². The largest absolute Gasteiger partial charge is 0.379 e. The van der Waals surface area contributed by atoms with Gasteiger partial charge in [0.15, 0.2) is 5.82 Å². The second-order valence-corrected chi connectivity index (χ2v) is 7.37. The molecule has 2 aromatic rings. The van der Waals surface area contributed by atoms with Gasteiger partial charge in [-0.25, -0.2) is 14.4 Å². The van der Waals surface area contributed by atoms with Gasteiger partial charge in [-0.1, -0.05) is 44.1 Å². The van der Waals surface area contributed by atoms with Crippen molar-refractivity contribution in [2.75, 3.05) is 6.61 Å². The number of unbranched alkanes of at least 4 members (excludes halogenated alkanes) is 3. The zero-order chi connectivity index (χ0) is 20.9. The summed E-state index contributed by atoms with van der Waals surface area (Å²) >= 11 is 0. The van der Waals surface area contributed by atoms with Gasteiger partial charge in [-0.3, -0.25) is 0 Å². The summed E-state index contributed by atoms with van der Waals surface area (Å²) < 4.78 is 20.1. The summed E-state index contributed by atoms with van der Waals surface area (Å²) in [5, 5.41) is 0. The van der Waals surface area contributed by atoms with Gasteiger partial charge >= 0.3 is 0 Å². The van der Waals surface area contributed by atoms with E-state index in [1.807, 2.05) is 12.1 Å². The Labute approximate surface area is 174 Å². The van der Waals surface area contributed by atoms with Crippen molar-refractivity contribution in [1.82, 2.24) is 9.97 Å². The van der Waals surface area contributed by atoms with Crippen LogP contribution in [0.3, 0.4) is 0 Å². The monoisotopic (exact) mass is 396 g/mol. The molecule has 0 aliphatic heterocycles. The summed E-state index contributed by atoms with van der Waals surface area (Å²) in [7, 11) is 0. The highest BCUT2D eigenvalue weighted by molar-refractivity contribution is 5.57. The average molecular weight is 397 g/mol. The third-order valence-electron chi connectivity index (χ3n) is 4.77. The van der Waals surface area contributed by atoms with Crippen LogP contribution in [0, 0.1) is 5.82 Å². The van der Waals surface area contributed by atoms with Crippen molar-refractivity contribution in [3.8, 4) is 11.4 Å². The van der Waals surface area contributed by atoms with Crippen LogP contribution in [0.2, 0.25) is 0 Å². The first-order chi connectivity index (χ1) is 14.1. The summed E-state index contributed by atoms with van der Waals surface area (Å²) in [6.45, 7) is 8.89. The van der Waals surface area contributed by atoms with E-state index >= 15 is 0 Å². The summed E-state index contributed by atoms with van der Waals surface area (Å²) in [5.74, 6) is 0.0949. The Morgan fingerprint density at radius 3 is 2.66 bits per heavy atom. The second kappa shape index (κ2) is 13.0. The van der Waals surface area contributed by atoms with Gasteiger partial charge in [0.2, 0.25) is 0 Å². The minimum Gasteiger partial charge on any atom is -0.379 e. The molecule has 0 aliphatic rings. The third-order valence-corrected chi connectivity index (χ3v) is 4.77. The van der Waals surface area contributed by atoms with E-state index in [1.165, 1.54) is 18.9 Å². The number of rotatable bonds is 13. The molecule has 156 valence electrons. The van der Waals surface area contributed by atoms with Crippen LogP contribution in [0.25, 0.3) is 17.5 Å². The van der Waals surface area contributed by atoms with Crippen LogP contribution >= 0.6 is 0 Å². The summed E-state index contributed by atoms with van der Waals surface area (Å²) in [6.07, 6.45) is 17.1. The normalized spacial score (nSPS) is 12.4. The predicted octanol–water partition coefficient (Wildman–Crippen LogP) is 6.79. The van der Waals surface area contributed by atoms with Crippen molar-refractivity contribution in [2.45, 2.75) is 64.9 Å². The highest BCUT2D eigenvalue weighted by Gasteiger charge is 2.08. The molecule has 1 unspecified atom stereocenters. The number of benzene rings is 1. The number of aromatic nitrogens is 2. The van der Waals surface area contributed by atoms with Gasteiger partial charge in [0.25, 0.3) is 0 Å². The van der Waals surface area contributed by atoms with Crippen molar-refractivity contribution >= 4 is 6.08 Å². The lowest BCUT2D eigenvalue weighted by Crippen LogP contribution is -2.08. The van der Waals surface area contributed by atoms with Gasteiger partial charge in [0.1, 0.15) is 5.82 Å². The van der Waals surface area contributed by atoms with E-state index in [0.29, 0.717) is 23.9 Å². The maximum absolute atomic E-state index is 14.3. The molecule has 0 bridgehead atoms. The Morgan fingerprint density at radius 2 is 1.97 bits per heavy atom. The molecule has 0 N–H and O–H groups in total. The maximum Gasteiger partial charge on any atom is 0.162 e. The first-order valence-electron chi connectivity index (χ1n) is 10.6. The second-order valence-electron chi connectivity index (χ2n) is 7.37. The molecule has 1 atom stereocenters. The molecule has 0 saturated heterocycles. The van der Waals surface area contributed by atoms with Crippen molar-refractivity contribution in [1.29, 1.82) is 0 Å². The third kappa shape index (κ3) is 8.28. The topological polar surface area (TPSA) is 35.0 Å². The van der Waals surface area contributed by atoms with Gasteiger partial charge in [-0.15, -0.1) is 6.58 Å². The van der Waals surface area contributed by atoms with Gasteiger partial charge in [0.05, 0.1) is 11.7 Å². The van der Waals surface area contributed by atoms with E-state index in [2.05, 4.69) is 36.5 Å². The van der Waals surface area contributed by atoms with Crippen LogP contribution in [0.5, 0.6) is 0 Å². The standard InChI is InChI=1S/C25H33FN2O/c1-4-6-10-16-29-20(3)12-8-7-9-13-22-18-27-25(28-19-22)23-15-14-21(11-5-2)17-24(23)26/h5,9,13-15,17-20H,2,4,6-8,10-12,16H2,1,3H3/b13-9+. The number of nitrogens with zero attached hydrogens (tertiary/aromatic N) is 2. The van der Waals surface area contributed by atoms with Crippen molar-refractivity contribution in [3.63, 3.8) is 0 Å². The van der Waals surface area contributed by atoms with E-state index in [4.69, 9.17) is 4.74 Å². The Bertz CT molecular complexity index is 771. The van der Waals surface area contributed by atoms with E-state index in [9.17, 15) is 4.39 Å². The maximum atomic E-state index is 14.3. The van der Waals surface area contributed by atoms with Crippen LogP contribution in [0.4, 0.5) is 4.39 Å². The Balaban J connectivity index is 1.78. The van der Waals surface area contributed by atoms with Gasteiger partial charge in [-0.05, 0) is 56.7 Å². The number of hydrogen-bond donors (Lipinski definition) is 0. The Morgan fingerprint density at radius 1 is 1.17 bits per heavy atom. The molecular formula is C25H33FN2O.